The van der Waals surface area contributed by atoms with E-state index in [1.165, 1.54) is 4.90 Å². The molecule has 5 heteroatoms. The zero-order valence-electron chi connectivity index (χ0n) is 11.8. The number of carbonyl (C=O) groups is 1. The van der Waals surface area contributed by atoms with Crippen molar-refractivity contribution in [3.05, 3.63) is 30.3 Å². The molecule has 1 fully saturated rings. The third-order valence-corrected chi connectivity index (χ3v) is 4.57. The number of rotatable bonds is 7. The van der Waals surface area contributed by atoms with Crippen LogP contribution < -0.4 is 11.1 Å². The van der Waals surface area contributed by atoms with Gasteiger partial charge in [-0.1, -0.05) is 18.2 Å². The summed E-state index contributed by atoms with van der Waals surface area (Å²) < 4.78 is 0. The number of benzene rings is 1. The SMILES string of the molecule is NCC1CCCN1CC(=O)NCCSc1ccccc1. The number of nitrogens with two attached hydrogens (primary N) is 1. The average molecular weight is 293 g/mol. The predicted molar refractivity (Wildman–Crippen MR) is 83.8 cm³/mol. The monoisotopic (exact) mass is 293 g/mol. The van der Waals surface area contributed by atoms with Gasteiger partial charge >= 0.3 is 0 Å². The summed E-state index contributed by atoms with van der Waals surface area (Å²) in [4.78, 5) is 15.3. The van der Waals surface area contributed by atoms with Crippen LogP contribution in [0, 0.1) is 0 Å². The van der Waals surface area contributed by atoms with E-state index < -0.39 is 0 Å². The van der Waals surface area contributed by atoms with Gasteiger partial charge in [-0.2, -0.15) is 0 Å². The lowest BCUT2D eigenvalue weighted by Crippen LogP contribution is -2.43. The molecule has 0 spiro atoms. The summed E-state index contributed by atoms with van der Waals surface area (Å²) in [5.41, 5.74) is 5.71. The molecule has 0 aliphatic carbocycles. The van der Waals surface area contributed by atoms with Gasteiger partial charge in [0.25, 0.3) is 0 Å². The fourth-order valence-electron chi connectivity index (χ4n) is 2.49. The van der Waals surface area contributed by atoms with Crippen LogP contribution in [0.4, 0.5) is 0 Å². The summed E-state index contributed by atoms with van der Waals surface area (Å²) >= 11 is 1.76. The molecule has 1 heterocycles. The number of hydrogen-bond donors (Lipinski definition) is 2. The molecule has 0 bridgehead atoms. The smallest absolute Gasteiger partial charge is 0.234 e. The van der Waals surface area contributed by atoms with E-state index in [4.69, 9.17) is 5.73 Å². The molecule has 0 radical (unpaired) electrons. The van der Waals surface area contributed by atoms with Crippen molar-refractivity contribution in [2.75, 3.05) is 31.9 Å². The second-order valence-corrected chi connectivity index (χ2v) is 6.18. The van der Waals surface area contributed by atoms with Gasteiger partial charge in [-0.15, -0.1) is 11.8 Å². The first kappa shape index (κ1) is 15.4. The Kier molecular flexibility index (Phi) is 6.36. The Hall–Kier alpha value is -1.04. The highest BCUT2D eigenvalue weighted by molar-refractivity contribution is 7.99. The van der Waals surface area contributed by atoms with Gasteiger partial charge in [0, 0.05) is 29.8 Å². The Morgan fingerprint density at radius 3 is 2.95 bits per heavy atom. The molecule has 1 saturated heterocycles. The van der Waals surface area contributed by atoms with Crippen LogP contribution >= 0.6 is 11.8 Å². The van der Waals surface area contributed by atoms with E-state index in [1.54, 1.807) is 11.8 Å². The minimum absolute atomic E-state index is 0.110. The van der Waals surface area contributed by atoms with Crippen molar-refractivity contribution in [1.29, 1.82) is 0 Å². The largest absolute Gasteiger partial charge is 0.354 e. The van der Waals surface area contributed by atoms with Gasteiger partial charge in [0.15, 0.2) is 0 Å². The van der Waals surface area contributed by atoms with Gasteiger partial charge in [-0.3, -0.25) is 9.69 Å². The van der Waals surface area contributed by atoms with E-state index in [2.05, 4.69) is 22.3 Å². The van der Waals surface area contributed by atoms with Crippen LogP contribution in [0.5, 0.6) is 0 Å². The van der Waals surface area contributed by atoms with Crippen molar-refractivity contribution < 1.29 is 4.79 Å². The van der Waals surface area contributed by atoms with Gasteiger partial charge < -0.3 is 11.1 Å². The molecule has 1 aliphatic heterocycles. The molecular formula is C15H23N3OS. The topological polar surface area (TPSA) is 58.4 Å². The van der Waals surface area contributed by atoms with Crippen LogP contribution in [0.25, 0.3) is 0 Å². The van der Waals surface area contributed by atoms with Crippen LogP contribution in [-0.2, 0) is 4.79 Å². The third-order valence-electron chi connectivity index (χ3n) is 3.55. The Morgan fingerprint density at radius 1 is 1.40 bits per heavy atom. The standard InChI is InChI=1S/C15H23N3OS/c16-11-13-5-4-9-18(13)12-15(19)17-8-10-20-14-6-2-1-3-7-14/h1-3,6-7,13H,4-5,8-12,16H2,(H,17,19). The maximum atomic E-state index is 11.9. The number of carbonyl (C=O) groups excluding carboxylic acids is 1. The van der Waals surface area contributed by atoms with Crippen LogP contribution in [0.1, 0.15) is 12.8 Å². The van der Waals surface area contributed by atoms with Gasteiger partial charge in [-0.05, 0) is 31.5 Å². The van der Waals surface area contributed by atoms with Crippen molar-refractivity contribution in [1.82, 2.24) is 10.2 Å². The van der Waals surface area contributed by atoms with Crippen molar-refractivity contribution in [3.63, 3.8) is 0 Å². The highest BCUT2D eigenvalue weighted by Gasteiger charge is 2.24. The van der Waals surface area contributed by atoms with Gasteiger partial charge in [0.1, 0.15) is 0 Å². The molecule has 110 valence electrons. The highest BCUT2D eigenvalue weighted by atomic mass is 32.2. The van der Waals surface area contributed by atoms with Crippen molar-refractivity contribution in [3.8, 4) is 0 Å². The Bertz CT molecular complexity index is 413. The van der Waals surface area contributed by atoms with Crippen LogP contribution in [0.3, 0.4) is 0 Å². The van der Waals surface area contributed by atoms with Crippen molar-refractivity contribution >= 4 is 17.7 Å². The summed E-state index contributed by atoms with van der Waals surface area (Å²) in [6.45, 7) is 2.84. The summed E-state index contributed by atoms with van der Waals surface area (Å²) in [6.07, 6.45) is 2.27. The molecule has 4 nitrogen and oxygen atoms in total. The van der Waals surface area contributed by atoms with E-state index in [0.717, 1.165) is 25.1 Å². The summed E-state index contributed by atoms with van der Waals surface area (Å²) in [5.74, 6) is 1.01. The molecule has 1 aromatic carbocycles. The lowest BCUT2D eigenvalue weighted by Gasteiger charge is -2.22. The first-order valence-electron chi connectivity index (χ1n) is 7.18. The maximum Gasteiger partial charge on any atom is 0.234 e. The zero-order chi connectivity index (χ0) is 14.2. The first-order chi connectivity index (χ1) is 9.79. The molecule has 1 unspecified atom stereocenters. The molecule has 3 N–H and O–H groups in total. The molecule has 0 aromatic heterocycles. The lowest BCUT2D eigenvalue weighted by atomic mass is 10.2. The number of likely N-dealkylation sites (tertiary alicyclic amines) is 1. The Morgan fingerprint density at radius 2 is 2.20 bits per heavy atom. The van der Waals surface area contributed by atoms with Gasteiger partial charge in [-0.25, -0.2) is 0 Å². The summed E-state index contributed by atoms with van der Waals surface area (Å²) in [5, 5.41) is 2.98. The minimum atomic E-state index is 0.110. The zero-order valence-corrected chi connectivity index (χ0v) is 12.6. The Balaban J connectivity index is 1.61. The highest BCUT2D eigenvalue weighted by Crippen LogP contribution is 2.16. The van der Waals surface area contributed by atoms with Gasteiger partial charge in [0.05, 0.1) is 6.54 Å². The quantitative estimate of drug-likeness (QED) is 0.588. The van der Waals surface area contributed by atoms with Gasteiger partial charge in [0.2, 0.25) is 5.91 Å². The lowest BCUT2D eigenvalue weighted by molar-refractivity contribution is -0.122. The molecule has 1 atom stereocenters. The maximum absolute atomic E-state index is 11.9. The molecule has 2 rings (SSSR count). The minimum Gasteiger partial charge on any atom is -0.354 e. The predicted octanol–water partition coefficient (Wildman–Crippen LogP) is 1.32. The van der Waals surface area contributed by atoms with Crippen LogP contribution in [0.15, 0.2) is 35.2 Å². The molecular weight excluding hydrogens is 270 g/mol. The summed E-state index contributed by atoms with van der Waals surface area (Å²) in [7, 11) is 0. The summed E-state index contributed by atoms with van der Waals surface area (Å²) in [6, 6.07) is 10.6. The van der Waals surface area contributed by atoms with Crippen molar-refractivity contribution in [2.24, 2.45) is 5.73 Å². The van der Waals surface area contributed by atoms with Crippen LogP contribution in [-0.4, -0.2) is 48.8 Å². The molecule has 1 amide bonds. The number of nitrogens with zero attached hydrogens (tertiary/aromatic N) is 1. The van der Waals surface area contributed by atoms with E-state index in [-0.39, 0.29) is 5.91 Å². The van der Waals surface area contributed by atoms with E-state index >= 15 is 0 Å². The molecule has 0 saturated carbocycles. The number of thioether (sulfide) groups is 1. The third kappa shape index (κ3) is 4.81. The Labute approximate surface area is 125 Å². The second-order valence-electron chi connectivity index (χ2n) is 5.01. The number of hydrogen-bond acceptors (Lipinski definition) is 4. The molecule has 20 heavy (non-hydrogen) atoms. The fraction of sp³-hybridized carbons (Fsp3) is 0.533. The van der Waals surface area contributed by atoms with E-state index in [1.807, 2.05) is 18.2 Å². The normalized spacial score (nSPS) is 19.1. The van der Waals surface area contributed by atoms with Crippen LogP contribution in [0.2, 0.25) is 0 Å². The van der Waals surface area contributed by atoms with E-state index in [0.29, 0.717) is 25.7 Å². The number of nitrogens with one attached hydrogen (secondary N) is 1. The molecule has 1 aromatic rings. The number of amides is 1. The first-order valence-corrected chi connectivity index (χ1v) is 8.17. The average Bonchev–Trinajstić information content (AvgIpc) is 2.92. The fourth-order valence-corrected chi connectivity index (χ4v) is 3.28. The second kappa shape index (κ2) is 8.29. The molecule has 1 aliphatic rings. The van der Waals surface area contributed by atoms with E-state index in [9.17, 15) is 4.79 Å². The van der Waals surface area contributed by atoms with Crippen molar-refractivity contribution in [2.45, 2.75) is 23.8 Å².